The van der Waals surface area contributed by atoms with E-state index in [1.807, 2.05) is 30.3 Å². The number of H-pyrrole nitrogens is 1. The molecule has 26 heavy (non-hydrogen) atoms. The zero-order valence-corrected chi connectivity index (χ0v) is 17.0. The van der Waals surface area contributed by atoms with E-state index in [4.69, 9.17) is 4.98 Å². The highest BCUT2D eigenvalue weighted by Crippen LogP contribution is 2.27. The van der Waals surface area contributed by atoms with Gasteiger partial charge in [0.05, 0.1) is 11.3 Å². The van der Waals surface area contributed by atoms with E-state index in [-0.39, 0.29) is 5.56 Å². The number of benzene rings is 1. The molecule has 2 aromatic heterocycles. The zero-order valence-electron chi connectivity index (χ0n) is 13.9. The molecular formula is C19H16Br2N4O. The van der Waals surface area contributed by atoms with Gasteiger partial charge in [0.15, 0.2) is 0 Å². The second kappa shape index (κ2) is 7.42. The minimum atomic E-state index is -0.0496. The number of nitrogens with zero attached hydrogens (tertiary/aromatic N) is 3. The molecule has 3 heterocycles. The normalized spacial score (nSPS) is 14.2. The minimum Gasteiger partial charge on any atom is -0.306 e. The molecule has 0 bridgehead atoms. The fourth-order valence-electron chi connectivity index (χ4n) is 3.16. The molecule has 5 nitrogen and oxygen atoms in total. The van der Waals surface area contributed by atoms with Crippen LogP contribution in [0.25, 0.3) is 11.4 Å². The van der Waals surface area contributed by atoms with Crippen molar-refractivity contribution in [1.82, 2.24) is 19.9 Å². The molecule has 1 aliphatic rings. The molecule has 0 saturated carbocycles. The van der Waals surface area contributed by atoms with Crippen LogP contribution in [0.5, 0.6) is 0 Å². The van der Waals surface area contributed by atoms with Crippen LogP contribution in [0.1, 0.15) is 16.8 Å². The third kappa shape index (κ3) is 3.51. The second-order valence-electron chi connectivity index (χ2n) is 6.25. The van der Waals surface area contributed by atoms with E-state index >= 15 is 0 Å². The predicted molar refractivity (Wildman–Crippen MR) is 108 cm³/mol. The van der Waals surface area contributed by atoms with Gasteiger partial charge in [0.25, 0.3) is 5.56 Å². The lowest BCUT2D eigenvalue weighted by Gasteiger charge is -2.28. The summed E-state index contributed by atoms with van der Waals surface area (Å²) in [5, 5.41) is 0. The molecule has 3 aromatic rings. The smallest absolute Gasteiger partial charge is 0.255 e. The first-order valence-electron chi connectivity index (χ1n) is 8.29. The molecule has 7 heteroatoms. The average molecular weight is 476 g/mol. The summed E-state index contributed by atoms with van der Waals surface area (Å²) in [6, 6.07) is 9.76. The maximum Gasteiger partial charge on any atom is 0.255 e. The summed E-state index contributed by atoms with van der Waals surface area (Å²) in [7, 11) is 0. The Bertz CT molecular complexity index is 984. The van der Waals surface area contributed by atoms with Crippen molar-refractivity contribution in [3.63, 3.8) is 0 Å². The monoisotopic (exact) mass is 474 g/mol. The Balaban J connectivity index is 1.61. The summed E-state index contributed by atoms with van der Waals surface area (Å²) in [6.07, 6.45) is 4.34. The fourth-order valence-corrected chi connectivity index (χ4v) is 4.34. The molecule has 0 atom stereocenters. The van der Waals surface area contributed by atoms with Crippen molar-refractivity contribution in [2.75, 3.05) is 6.54 Å². The van der Waals surface area contributed by atoms with Crippen LogP contribution in [-0.4, -0.2) is 26.4 Å². The van der Waals surface area contributed by atoms with Gasteiger partial charge in [-0.2, -0.15) is 0 Å². The van der Waals surface area contributed by atoms with Crippen molar-refractivity contribution in [3.8, 4) is 11.4 Å². The van der Waals surface area contributed by atoms with Crippen molar-refractivity contribution in [3.05, 3.63) is 78.8 Å². The van der Waals surface area contributed by atoms with E-state index in [1.165, 1.54) is 0 Å². The van der Waals surface area contributed by atoms with Gasteiger partial charge in [-0.1, -0.05) is 30.3 Å². The summed E-state index contributed by atoms with van der Waals surface area (Å²) < 4.78 is 1.92. The van der Waals surface area contributed by atoms with E-state index in [0.717, 1.165) is 50.8 Å². The second-order valence-corrected chi connectivity index (χ2v) is 7.96. The van der Waals surface area contributed by atoms with Gasteiger partial charge in [0.1, 0.15) is 5.82 Å². The van der Waals surface area contributed by atoms with Crippen LogP contribution in [0.15, 0.2) is 56.5 Å². The van der Waals surface area contributed by atoms with Crippen LogP contribution < -0.4 is 5.56 Å². The maximum atomic E-state index is 12.6. The summed E-state index contributed by atoms with van der Waals surface area (Å²) in [6.45, 7) is 2.19. The minimum absolute atomic E-state index is 0.0496. The number of aromatic nitrogens is 3. The van der Waals surface area contributed by atoms with Crippen molar-refractivity contribution < 1.29 is 0 Å². The number of aromatic amines is 1. The Kier molecular flexibility index (Phi) is 5.02. The molecule has 1 aliphatic heterocycles. The quantitative estimate of drug-likeness (QED) is 0.623. The van der Waals surface area contributed by atoms with Gasteiger partial charge < -0.3 is 4.98 Å². The van der Waals surface area contributed by atoms with Crippen molar-refractivity contribution in [1.29, 1.82) is 0 Å². The van der Waals surface area contributed by atoms with Gasteiger partial charge in [-0.25, -0.2) is 4.98 Å². The largest absolute Gasteiger partial charge is 0.306 e. The number of halogens is 2. The van der Waals surface area contributed by atoms with Gasteiger partial charge >= 0.3 is 0 Å². The van der Waals surface area contributed by atoms with Crippen LogP contribution in [0, 0.1) is 0 Å². The van der Waals surface area contributed by atoms with Crippen LogP contribution >= 0.6 is 31.9 Å². The molecule has 0 amide bonds. The van der Waals surface area contributed by atoms with Crippen molar-refractivity contribution >= 4 is 31.9 Å². The van der Waals surface area contributed by atoms with Gasteiger partial charge in [0.2, 0.25) is 0 Å². The van der Waals surface area contributed by atoms with Gasteiger partial charge in [0, 0.05) is 53.0 Å². The van der Waals surface area contributed by atoms with Crippen LogP contribution in [0.4, 0.5) is 0 Å². The summed E-state index contributed by atoms with van der Waals surface area (Å²) in [4.78, 5) is 26.7. The van der Waals surface area contributed by atoms with Crippen LogP contribution in [0.3, 0.4) is 0 Å². The Labute approximate surface area is 167 Å². The highest BCUT2D eigenvalue weighted by atomic mass is 79.9. The van der Waals surface area contributed by atoms with E-state index in [1.54, 1.807) is 12.4 Å². The maximum absolute atomic E-state index is 12.6. The highest BCUT2D eigenvalue weighted by molar-refractivity contribution is 9.11. The fraction of sp³-hybridized carbons (Fsp3) is 0.211. The number of fused-ring (bicyclic) bond motifs is 1. The summed E-state index contributed by atoms with van der Waals surface area (Å²) >= 11 is 7.11. The first-order chi connectivity index (χ1) is 12.6. The van der Waals surface area contributed by atoms with Crippen LogP contribution in [-0.2, 0) is 19.5 Å². The third-order valence-corrected chi connectivity index (χ3v) is 5.90. The van der Waals surface area contributed by atoms with Crippen molar-refractivity contribution in [2.24, 2.45) is 0 Å². The van der Waals surface area contributed by atoms with Gasteiger partial charge in [-0.05, 0) is 37.4 Å². The van der Waals surface area contributed by atoms with E-state index in [0.29, 0.717) is 12.4 Å². The lowest BCUT2D eigenvalue weighted by Crippen LogP contribution is -2.35. The molecule has 0 fully saturated rings. The number of hydrogen-bond donors (Lipinski definition) is 1. The van der Waals surface area contributed by atoms with Crippen molar-refractivity contribution in [2.45, 2.75) is 19.5 Å². The molecule has 0 radical (unpaired) electrons. The highest BCUT2D eigenvalue weighted by Gasteiger charge is 2.22. The SMILES string of the molecule is O=c1[nH]c(-c2ccccc2)nc2c1CN(Cc1c(Br)cncc1Br)CC2. The summed E-state index contributed by atoms with van der Waals surface area (Å²) in [5.74, 6) is 0.641. The molecule has 4 rings (SSSR count). The number of pyridine rings is 1. The standard InChI is InChI=1S/C19H16Br2N4O/c20-15-8-22-9-16(21)13(15)10-25-7-6-17-14(11-25)19(26)24-18(23-17)12-4-2-1-3-5-12/h1-5,8-9H,6-7,10-11H2,(H,23,24,26). The third-order valence-electron chi connectivity index (χ3n) is 4.53. The first-order valence-corrected chi connectivity index (χ1v) is 9.88. The lowest BCUT2D eigenvalue weighted by atomic mass is 10.1. The molecule has 1 N–H and O–H groups in total. The van der Waals surface area contributed by atoms with Gasteiger partial charge in [-0.3, -0.25) is 14.7 Å². The number of nitrogens with one attached hydrogen (secondary N) is 1. The lowest BCUT2D eigenvalue weighted by molar-refractivity contribution is 0.241. The molecule has 132 valence electrons. The predicted octanol–water partition coefficient (Wildman–Crippen LogP) is 3.92. The Morgan fingerprint density at radius 2 is 1.85 bits per heavy atom. The van der Waals surface area contributed by atoms with E-state index in [2.05, 4.69) is 46.7 Å². The van der Waals surface area contributed by atoms with E-state index < -0.39 is 0 Å². The molecule has 0 unspecified atom stereocenters. The molecule has 1 aromatic carbocycles. The molecule has 0 aliphatic carbocycles. The molecular weight excluding hydrogens is 460 g/mol. The Morgan fingerprint density at radius 1 is 1.12 bits per heavy atom. The molecule has 0 spiro atoms. The first kappa shape index (κ1) is 17.6. The number of hydrogen-bond acceptors (Lipinski definition) is 4. The average Bonchev–Trinajstić information content (AvgIpc) is 2.66. The van der Waals surface area contributed by atoms with Gasteiger partial charge in [-0.15, -0.1) is 0 Å². The number of rotatable bonds is 3. The van der Waals surface area contributed by atoms with E-state index in [9.17, 15) is 4.79 Å². The molecule has 0 saturated heterocycles. The van der Waals surface area contributed by atoms with Crippen LogP contribution in [0.2, 0.25) is 0 Å². The Hall–Kier alpha value is -1.83. The zero-order chi connectivity index (χ0) is 18.1. The Morgan fingerprint density at radius 3 is 2.58 bits per heavy atom. The summed E-state index contributed by atoms with van der Waals surface area (Å²) in [5.41, 5.74) is 3.67. The topological polar surface area (TPSA) is 61.9 Å².